The molecule has 0 aliphatic heterocycles. The van der Waals surface area contributed by atoms with Crippen molar-refractivity contribution in [2.24, 2.45) is 0 Å². The normalized spacial score (nSPS) is 14.8. The molecule has 1 aromatic heterocycles. The molecule has 0 atom stereocenters. The monoisotopic (exact) mass is 257 g/mol. The predicted octanol–water partition coefficient (Wildman–Crippen LogP) is 2.73. The van der Waals surface area contributed by atoms with Gasteiger partial charge in [-0.1, -0.05) is 18.2 Å². The minimum absolute atomic E-state index is 0.628. The summed E-state index contributed by atoms with van der Waals surface area (Å²) in [7, 11) is 0. The number of hydrogen-bond acceptors (Lipinski definition) is 4. The van der Waals surface area contributed by atoms with Gasteiger partial charge in [-0.2, -0.15) is 0 Å². The van der Waals surface area contributed by atoms with Crippen LogP contribution in [0.2, 0.25) is 0 Å². The Hall–Kier alpha value is -1.68. The molecule has 0 bridgehead atoms. The van der Waals surface area contributed by atoms with Gasteiger partial charge in [0.05, 0.1) is 0 Å². The number of rotatable bonds is 6. The second-order valence-electron chi connectivity index (χ2n) is 5.15. The standard InChI is InChI=1S/C15H19N3O/c1-11-5-2-3-6-13(11)15-18-17-14(19-15)7-4-10-16-12-8-9-12/h2-3,5-6,12,16H,4,7-10H2,1H3. The average Bonchev–Trinajstić information content (AvgIpc) is 3.13. The molecule has 0 spiro atoms. The Morgan fingerprint density at radius 2 is 2.11 bits per heavy atom. The minimum Gasteiger partial charge on any atom is -0.421 e. The molecule has 2 aromatic rings. The zero-order valence-corrected chi connectivity index (χ0v) is 11.2. The molecule has 19 heavy (non-hydrogen) atoms. The van der Waals surface area contributed by atoms with E-state index in [0.717, 1.165) is 42.4 Å². The highest BCUT2D eigenvalue weighted by Crippen LogP contribution is 2.22. The number of aryl methyl sites for hydroxylation is 2. The molecule has 100 valence electrons. The molecule has 0 amide bonds. The highest BCUT2D eigenvalue weighted by molar-refractivity contribution is 5.57. The van der Waals surface area contributed by atoms with E-state index in [2.05, 4.69) is 28.5 Å². The van der Waals surface area contributed by atoms with E-state index in [9.17, 15) is 0 Å². The largest absolute Gasteiger partial charge is 0.421 e. The van der Waals surface area contributed by atoms with Crippen LogP contribution in [0.1, 0.15) is 30.7 Å². The van der Waals surface area contributed by atoms with Crippen LogP contribution < -0.4 is 5.32 Å². The molecule has 1 heterocycles. The lowest BCUT2D eigenvalue weighted by atomic mass is 10.1. The molecule has 1 fully saturated rings. The van der Waals surface area contributed by atoms with Crippen molar-refractivity contribution in [3.63, 3.8) is 0 Å². The Balaban J connectivity index is 1.57. The number of benzene rings is 1. The summed E-state index contributed by atoms with van der Waals surface area (Å²) >= 11 is 0. The topological polar surface area (TPSA) is 51.0 Å². The number of aromatic nitrogens is 2. The van der Waals surface area contributed by atoms with Crippen molar-refractivity contribution in [3.8, 4) is 11.5 Å². The maximum absolute atomic E-state index is 5.72. The first-order chi connectivity index (χ1) is 9.33. The Morgan fingerprint density at radius 3 is 2.89 bits per heavy atom. The molecule has 1 saturated carbocycles. The molecule has 4 heteroatoms. The van der Waals surface area contributed by atoms with Gasteiger partial charge in [0.15, 0.2) is 0 Å². The third-order valence-corrected chi connectivity index (χ3v) is 3.42. The average molecular weight is 257 g/mol. The minimum atomic E-state index is 0.628. The van der Waals surface area contributed by atoms with Crippen molar-refractivity contribution in [3.05, 3.63) is 35.7 Å². The van der Waals surface area contributed by atoms with Gasteiger partial charge in [0.25, 0.3) is 0 Å². The van der Waals surface area contributed by atoms with Gasteiger partial charge in [0, 0.05) is 18.0 Å². The molecule has 0 radical (unpaired) electrons. The smallest absolute Gasteiger partial charge is 0.247 e. The predicted molar refractivity (Wildman–Crippen MR) is 73.8 cm³/mol. The Morgan fingerprint density at radius 1 is 1.26 bits per heavy atom. The van der Waals surface area contributed by atoms with E-state index in [0.29, 0.717) is 5.89 Å². The summed E-state index contributed by atoms with van der Waals surface area (Å²) in [4.78, 5) is 0. The maximum Gasteiger partial charge on any atom is 0.247 e. The van der Waals surface area contributed by atoms with Crippen molar-refractivity contribution >= 4 is 0 Å². The molecule has 0 saturated heterocycles. The van der Waals surface area contributed by atoms with E-state index >= 15 is 0 Å². The summed E-state index contributed by atoms with van der Waals surface area (Å²) < 4.78 is 5.72. The lowest BCUT2D eigenvalue weighted by Gasteiger charge is -2.00. The molecule has 1 aliphatic rings. The van der Waals surface area contributed by atoms with Crippen LogP contribution in [0.3, 0.4) is 0 Å². The van der Waals surface area contributed by atoms with Gasteiger partial charge in [0.1, 0.15) is 0 Å². The fourth-order valence-corrected chi connectivity index (χ4v) is 2.11. The summed E-state index contributed by atoms with van der Waals surface area (Å²) in [6, 6.07) is 8.84. The molecule has 0 unspecified atom stereocenters. The fourth-order valence-electron chi connectivity index (χ4n) is 2.11. The van der Waals surface area contributed by atoms with Crippen LogP contribution >= 0.6 is 0 Å². The Bertz CT molecular complexity index is 546. The van der Waals surface area contributed by atoms with Crippen LogP contribution in [0.25, 0.3) is 11.5 Å². The van der Waals surface area contributed by atoms with Crippen molar-refractivity contribution in [2.45, 2.75) is 38.6 Å². The molecular weight excluding hydrogens is 238 g/mol. The van der Waals surface area contributed by atoms with Crippen molar-refractivity contribution < 1.29 is 4.42 Å². The van der Waals surface area contributed by atoms with Crippen LogP contribution in [0, 0.1) is 6.92 Å². The van der Waals surface area contributed by atoms with Gasteiger partial charge in [0.2, 0.25) is 11.8 Å². The third-order valence-electron chi connectivity index (χ3n) is 3.42. The maximum atomic E-state index is 5.72. The van der Waals surface area contributed by atoms with Gasteiger partial charge in [-0.3, -0.25) is 0 Å². The quantitative estimate of drug-likeness (QED) is 0.808. The summed E-state index contributed by atoms with van der Waals surface area (Å²) in [6.07, 6.45) is 4.56. The van der Waals surface area contributed by atoms with E-state index in [1.54, 1.807) is 0 Å². The lowest BCUT2D eigenvalue weighted by Crippen LogP contribution is -2.17. The van der Waals surface area contributed by atoms with Gasteiger partial charge in [-0.05, 0) is 44.4 Å². The van der Waals surface area contributed by atoms with Gasteiger partial charge in [-0.25, -0.2) is 0 Å². The Labute approximate surface area is 113 Å². The molecule has 1 N–H and O–H groups in total. The molecule has 1 aliphatic carbocycles. The second kappa shape index (κ2) is 5.53. The van der Waals surface area contributed by atoms with Crippen molar-refractivity contribution in [1.82, 2.24) is 15.5 Å². The first-order valence-corrected chi connectivity index (χ1v) is 6.95. The van der Waals surface area contributed by atoms with Crippen LogP contribution in [0.5, 0.6) is 0 Å². The van der Waals surface area contributed by atoms with Crippen LogP contribution in [0.15, 0.2) is 28.7 Å². The van der Waals surface area contributed by atoms with Gasteiger partial charge < -0.3 is 9.73 Å². The van der Waals surface area contributed by atoms with Gasteiger partial charge in [-0.15, -0.1) is 10.2 Å². The zero-order chi connectivity index (χ0) is 13.1. The van der Waals surface area contributed by atoms with Crippen LogP contribution in [-0.4, -0.2) is 22.8 Å². The zero-order valence-electron chi connectivity index (χ0n) is 11.2. The summed E-state index contributed by atoms with van der Waals surface area (Å²) in [6.45, 7) is 3.09. The highest BCUT2D eigenvalue weighted by atomic mass is 16.4. The van der Waals surface area contributed by atoms with E-state index in [1.807, 2.05) is 18.2 Å². The molecule has 1 aromatic carbocycles. The first kappa shape index (κ1) is 12.4. The molecule has 4 nitrogen and oxygen atoms in total. The SMILES string of the molecule is Cc1ccccc1-c1nnc(CCCNC2CC2)o1. The molecule has 3 rings (SSSR count). The van der Waals surface area contributed by atoms with E-state index in [-0.39, 0.29) is 0 Å². The summed E-state index contributed by atoms with van der Waals surface area (Å²) in [5.41, 5.74) is 2.19. The first-order valence-electron chi connectivity index (χ1n) is 6.95. The Kier molecular flexibility index (Phi) is 3.60. The van der Waals surface area contributed by atoms with Crippen molar-refractivity contribution in [1.29, 1.82) is 0 Å². The van der Waals surface area contributed by atoms with E-state index in [1.165, 1.54) is 12.8 Å². The lowest BCUT2D eigenvalue weighted by molar-refractivity contribution is 0.490. The fraction of sp³-hybridized carbons (Fsp3) is 0.467. The number of nitrogens with zero attached hydrogens (tertiary/aromatic N) is 2. The number of nitrogens with one attached hydrogen (secondary N) is 1. The highest BCUT2D eigenvalue weighted by Gasteiger charge is 2.19. The van der Waals surface area contributed by atoms with E-state index in [4.69, 9.17) is 4.42 Å². The number of hydrogen-bond donors (Lipinski definition) is 1. The summed E-state index contributed by atoms with van der Waals surface area (Å²) in [5, 5.41) is 11.7. The van der Waals surface area contributed by atoms with E-state index < -0.39 is 0 Å². The van der Waals surface area contributed by atoms with Crippen LogP contribution in [0.4, 0.5) is 0 Å². The molecular formula is C15H19N3O. The van der Waals surface area contributed by atoms with Crippen molar-refractivity contribution in [2.75, 3.05) is 6.54 Å². The second-order valence-corrected chi connectivity index (χ2v) is 5.15. The summed E-state index contributed by atoms with van der Waals surface area (Å²) in [5.74, 6) is 1.36. The van der Waals surface area contributed by atoms with Crippen LogP contribution in [-0.2, 0) is 6.42 Å². The third kappa shape index (κ3) is 3.20. The van der Waals surface area contributed by atoms with Gasteiger partial charge >= 0.3 is 0 Å².